The molecule has 0 atom stereocenters. The third-order valence-electron chi connectivity index (χ3n) is 4.51. The minimum atomic E-state index is -0.580. The molecule has 1 aromatic carbocycles. The lowest BCUT2D eigenvalue weighted by Gasteiger charge is -2.34. The molecule has 0 aromatic heterocycles. The van der Waals surface area contributed by atoms with Gasteiger partial charge in [-0.25, -0.2) is 4.79 Å². The molecule has 1 aliphatic rings. The third-order valence-corrected chi connectivity index (χ3v) is 4.51. The summed E-state index contributed by atoms with van der Waals surface area (Å²) in [7, 11) is 1.24. The SMILES string of the molecule is CCCN(Cc1ccc(OCC(=O)OC)c([N+](=O)[O-])c1)C1CCNCC1.Cl. The van der Waals surface area contributed by atoms with E-state index in [0.717, 1.165) is 44.5 Å². The van der Waals surface area contributed by atoms with Crippen molar-refractivity contribution in [2.24, 2.45) is 0 Å². The monoisotopic (exact) mass is 401 g/mol. The van der Waals surface area contributed by atoms with E-state index < -0.39 is 10.9 Å². The number of methoxy groups -OCH3 is 1. The van der Waals surface area contributed by atoms with Crippen LogP contribution in [0.5, 0.6) is 5.75 Å². The highest BCUT2D eigenvalue weighted by atomic mass is 35.5. The maximum Gasteiger partial charge on any atom is 0.343 e. The first kappa shape index (κ1) is 23.1. The van der Waals surface area contributed by atoms with Crippen molar-refractivity contribution < 1.29 is 19.2 Å². The Kier molecular flexibility index (Phi) is 10.1. The maximum absolute atomic E-state index is 11.4. The maximum atomic E-state index is 11.4. The van der Waals surface area contributed by atoms with E-state index in [1.54, 1.807) is 6.07 Å². The average molecular weight is 402 g/mol. The Hall–Kier alpha value is -1.90. The summed E-state index contributed by atoms with van der Waals surface area (Å²) < 4.78 is 9.73. The molecule has 2 rings (SSSR count). The molecule has 9 heteroatoms. The Morgan fingerprint density at radius 1 is 1.37 bits per heavy atom. The number of hydrogen-bond donors (Lipinski definition) is 1. The van der Waals surface area contributed by atoms with Gasteiger partial charge in [0.15, 0.2) is 12.4 Å². The van der Waals surface area contributed by atoms with Gasteiger partial charge in [0.25, 0.3) is 0 Å². The van der Waals surface area contributed by atoms with Crippen LogP contribution >= 0.6 is 12.4 Å². The van der Waals surface area contributed by atoms with E-state index >= 15 is 0 Å². The Morgan fingerprint density at radius 2 is 2.07 bits per heavy atom. The number of piperidine rings is 1. The molecule has 1 fully saturated rings. The van der Waals surface area contributed by atoms with Gasteiger partial charge in [0.05, 0.1) is 12.0 Å². The molecular formula is C18H28ClN3O5. The van der Waals surface area contributed by atoms with E-state index in [2.05, 4.69) is 21.9 Å². The molecule has 0 radical (unpaired) electrons. The van der Waals surface area contributed by atoms with E-state index in [0.29, 0.717) is 12.6 Å². The first-order valence-electron chi connectivity index (χ1n) is 8.96. The molecule has 0 saturated carbocycles. The Bertz CT molecular complexity index is 623. The number of rotatable bonds is 9. The molecular weight excluding hydrogens is 374 g/mol. The van der Waals surface area contributed by atoms with Gasteiger partial charge in [-0.05, 0) is 50.5 Å². The van der Waals surface area contributed by atoms with Crippen LogP contribution < -0.4 is 10.1 Å². The van der Waals surface area contributed by atoms with Crippen molar-refractivity contribution >= 4 is 24.1 Å². The summed E-state index contributed by atoms with van der Waals surface area (Å²) in [6.07, 6.45) is 3.21. The van der Waals surface area contributed by atoms with Crippen LogP contribution in [0.1, 0.15) is 31.7 Å². The van der Waals surface area contributed by atoms with Gasteiger partial charge in [-0.15, -0.1) is 12.4 Å². The molecule has 8 nitrogen and oxygen atoms in total. The Morgan fingerprint density at radius 3 is 2.67 bits per heavy atom. The predicted molar refractivity (Wildman–Crippen MR) is 104 cm³/mol. The van der Waals surface area contributed by atoms with Crippen molar-refractivity contribution in [3.8, 4) is 5.75 Å². The van der Waals surface area contributed by atoms with Crippen LogP contribution in [0.15, 0.2) is 18.2 Å². The summed E-state index contributed by atoms with van der Waals surface area (Å²) in [6.45, 7) is 5.42. The summed E-state index contributed by atoms with van der Waals surface area (Å²) >= 11 is 0. The van der Waals surface area contributed by atoms with E-state index in [4.69, 9.17) is 4.74 Å². The van der Waals surface area contributed by atoms with Crippen LogP contribution in [0.4, 0.5) is 5.69 Å². The molecule has 1 aliphatic heterocycles. The van der Waals surface area contributed by atoms with E-state index in [9.17, 15) is 14.9 Å². The molecule has 27 heavy (non-hydrogen) atoms. The van der Waals surface area contributed by atoms with E-state index in [1.165, 1.54) is 13.2 Å². The van der Waals surface area contributed by atoms with Gasteiger partial charge in [-0.3, -0.25) is 15.0 Å². The highest BCUT2D eigenvalue weighted by Gasteiger charge is 2.22. The zero-order valence-electron chi connectivity index (χ0n) is 15.8. The summed E-state index contributed by atoms with van der Waals surface area (Å²) in [5, 5.41) is 14.8. The number of carbonyl (C=O) groups is 1. The summed E-state index contributed by atoms with van der Waals surface area (Å²) in [5.74, 6) is -0.503. The van der Waals surface area contributed by atoms with E-state index in [1.807, 2.05) is 6.07 Å². The number of nitrogens with zero attached hydrogens (tertiary/aromatic N) is 2. The van der Waals surface area contributed by atoms with Gasteiger partial charge in [-0.1, -0.05) is 13.0 Å². The summed E-state index contributed by atoms with van der Waals surface area (Å²) in [5.41, 5.74) is 0.738. The lowest BCUT2D eigenvalue weighted by Crippen LogP contribution is -2.43. The molecule has 1 heterocycles. The number of carbonyl (C=O) groups excluding carboxylic acids is 1. The van der Waals surface area contributed by atoms with Crippen molar-refractivity contribution in [3.05, 3.63) is 33.9 Å². The van der Waals surface area contributed by atoms with Crippen molar-refractivity contribution in [2.45, 2.75) is 38.8 Å². The Balaban J connectivity index is 0.00000364. The highest BCUT2D eigenvalue weighted by Crippen LogP contribution is 2.29. The number of nitrogens with one attached hydrogen (secondary N) is 1. The number of nitro benzene ring substituents is 1. The van der Waals surface area contributed by atoms with Crippen molar-refractivity contribution in [1.29, 1.82) is 0 Å². The van der Waals surface area contributed by atoms with Gasteiger partial charge in [0.2, 0.25) is 0 Å². The fourth-order valence-electron chi connectivity index (χ4n) is 3.21. The molecule has 152 valence electrons. The first-order valence-corrected chi connectivity index (χ1v) is 8.96. The molecule has 0 aliphatic carbocycles. The van der Waals surface area contributed by atoms with Crippen molar-refractivity contribution in [3.63, 3.8) is 0 Å². The summed E-state index contributed by atoms with van der Waals surface area (Å²) in [4.78, 5) is 24.5. The number of hydrogen-bond acceptors (Lipinski definition) is 7. The van der Waals surface area contributed by atoms with Crippen molar-refractivity contribution in [1.82, 2.24) is 10.2 Å². The van der Waals surface area contributed by atoms with Crippen LogP contribution in [-0.4, -0.2) is 55.2 Å². The first-order chi connectivity index (χ1) is 12.5. The topological polar surface area (TPSA) is 93.9 Å². The molecule has 0 bridgehead atoms. The number of benzene rings is 1. The zero-order valence-corrected chi connectivity index (χ0v) is 16.6. The highest BCUT2D eigenvalue weighted by molar-refractivity contribution is 5.85. The van der Waals surface area contributed by atoms with Gasteiger partial charge in [0.1, 0.15) is 0 Å². The number of esters is 1. The predicted octanol–water partition coefficient (Wildman–Crippen LogP) is 2.53. The second kappa shape index (κ2) is 11.7. The largest absolute Gasteiger partial charge is 0.475 e. The van der Waals surface area contributed by atoms with Crippen molar-refractivity contribution in [2.75, 3.05) is 33.4 Å². The van der Waals surface area contributed by atoms with Crippen LogP contribution in [0, 0.1) is 10.1 Å². The second-order valence-corrected chi connectivity index (χ2v) is 6.38. The number of halogens is 1. The van der Waals surface area contributed by atoms with Gasteiger partial charge in [0, 0.05) is 18.7 Å². The van der Waals surface area contributed by atoms with Crippen LogP contribution in [-0.2, 0) is 16.1 Å². The fourth-order valence-corrected chi connectivity index (χ4v) is 3.21. The quantitative estimate of drug-likeness (QED) is 0.386. The fraction of sp³-hybridized carbons (Fsp3) is 0.611. The molecule has 0 unspecified atom stereocenters. The average Bonchev–Trinajstić information content (AvgIpc) is 2.66. The normalized spacial score (nSPS) is 14.5. The molecule has 0 spiro atoms. The number of nitro groups is 1. The van der Waals surface area contributed by atoms with Gasteiger partial charge in [-0.2, -0.15) is 0 Å². The minimum absolute atomic E-state index is 0. The molecule has 1 N–H and O–H groups in total. The minimum Gasteiger partial charge on any atom is -0.475 e. The number of ether oxygens (including phenoxy) is 2. The smallest absolute Gasteiger partial charge is 0.343 e. The van der Waals surface area contributed by atoms with Gasteiger partial charge < -0.3 is 14.8 Å². The van der Waals surface area contributed by atoms with Crippen LogP contribution in [0.25, 0.3) is 0 Å². The summed E-state index contributed by atoms with van der Waals surface area (Å²) in [6, 6.07) is 5.41. The standard InChI is InChI=1S/C18H27N3O5.ClH/c1-3-10-20(15-6-8-19-9-7-15)12-14-4-5-17(16(11-14)21(23)24)26-13-18(22)25-2;/h4-5,11,15,19H,3,6-10,12-13H2,1-2H3;1H. The molecule has 1 aromatic rings. The Labute approximate surface area is 165 Å². The lowest BCUT2D eigenvalue weighted by molar-refractivity contribution is -0.385. The van der Waals surface area contributed by atoms with Gasteiger partial charge >= 0.3 is 11.7 Å². The zero-order chi connectivity index (χ0) is 18.9. The molecule has 1 saturated heterocycles. The third kappa shape index (κ3) is 6.97. The lowest BCUT2D eigenvalue weighted by atomic mass is 10.0. The van der Waals surface area contributed by atoms with E-state index in [-0.39, 0.29) is 30.5 Å². The molecule has 0 amide bonds. The van der Waals surface area contributed by atoms with Crippen LogP contribution in [0.2, 0.25) is 0 Å². The second-order valence-electron chi connectivity index (χ2n) is 6.38. The van der Waals surface area contributed by atoms with Crippen LogP contribution in [0.3, 0.4) is 0 Å².